The Labute approximate surface area is 178 Å². The zero-order valence-electron chi connectivity index (χ0n) is 18.5. The highest BCUT2D eigenvalue weighted by Crippen LogP contribution is 2.14. The van der Waals surface area contributed by atoms with Gasteiger partial charge in [-0.3, -0.25) is 4.99 Å². The Morgan fingerprint density at radius 1 is 0.793 bits per heavy atom. The molecule has 0 amide bonds. The number of rotatable bonds is 15. The Morgan fingerprint density at radius 3 is 2.10 bits per heavy atom. The van der Waals surface area contributed by atoms with E-state index < -0.39 is 0 Å². The van der Waals surface area contributed by atoms with Crippen LogP contribution in [0.2, 0.25) is 0 Å². The van der Waals surface area contributed by atoms with Crippen LogP contribution in [0.15, 0.2) is 53.5 Å². The SMILES string of the molecule is CCCCCCCCCCCC/N=C/c1ccc(OCc2cccc(C)c2)cc1. The molecule has 0 spiro atoms. The van der Waals surface area contributed by atoms with Gasteiger partial charge in [0, 0.05) is 12.8 Å². The lowest BCUT2D eigenvalue weighted by atomic mass is 10.1. The first kappa shape index (κ1) is 23.2. The Kier molecular flexibility index (Phi) is 11.9. The molecule has 2 rings (SSSR count). The number of hydrogen-bond acceptors (Lipinski definition) is 2. The Balaban J connectivity index is 1.53. The number of hydrogen-bond donors (Lipinski definition) is 0. The Morgan fingerprint density at radius 2 is 1.45 bits per heavy atom. The number of unbranched alkanes of at least 4 members (excludes halogenated alkanes) is 9. The van der Waals surface area contributed by atoms with Gasteiger partial charge in [-0.2, -0.15) is 0 Å². The van der Waals surface area contributed by atoms with Crippen molar-refractivity contribution in [2.75, 3.05) is 6.54 Å². The molecule has 0 aromatic heterocycles. The molecule has 0 aliphatic carbocycles. The lowest BCUT2D eigenvalue weighted by molar-refractivity contribution is 0.306. The average Bonchev–Trinajstić information content (AvgIpc) is 2.74. The maximum Gasteiger partial charge on any atom is 0.119 e. The van der Waals surface area contributed by atoms with Gasteiger partial charge in [-0.25, -0.2) is 0 Å². The molecule has 0 aliphatic heterocycles. The number of ether oxygens (including phenoxy) is 1. The molecule has 0 heterocycles. The normalized spacial score (nSPS) is 11.2. The fourth-order valence-electron chi connectivity index (χ4n) is 3.48. The minimum absolute atomic E-state index is 0.605. The van der Waals surface area contributed by atoms with Crippen molar-refractivity contribution in [3.05, 3.63) is 65.2 Å². The molecule has 0 bridgehead atoms. The Hall–Kier alpha value is -2.09. The quantitative estimate of drug-likeness (QED) is 0.222. The molecular weight excluding hydrogens is 354 g/mol. The third-order valence-electron chi connectivity index (χ3n) is 5.25. The monoisotopic (exact) mass is 393 g/mol. The van der Waals surface area contributed by atoms with Crippen molar-refractivity contribution in [3.63, 3.8) is 0 Å². The molecule has 0 radical (unpaired) electrons. The van der Waals surface area contributed by atoms with Crippen molar-refractivity contribution in [2.45, 2.75) is 84.7 Å². The maximum atomic E-state index is 5.87. The van der Waals surface area contributed by atoms with Crippen LogP contribution in [0.5, 0.6) is 5.75 Å². The lowest BCUT2D eigenvalue weighted by Crippen LogP contribution is -1.95. The summed E-state index contributed by atoms with van der Waals surface area (Å²) in [5.74, 6) is 0.901. The van der Waals surface area contributed by atoms with E-state index in [1.807, 2.05) is 18.3 Å². The molecular formula is C27H39NO. The van der Waals surface area contributed by atoms with Crippen molar-refractivity contribution < 1.29 is 4.74 Å². The summed E-state index contributed by atoms with van der Waals surface area (Å²) >= 11 is 0. The number of aryl methyl sites for hydroxylation is 1. The van der Waals surface area contributed by atoms with Crippen LogP contribution < -0.4 is 4.74 Å². The standard InChI is InChI=1S/C27H39NO/c1-3-4-5-6-7-8-9-10-11-12-20-28-22-25-16-18-27(19-17-25)29-23-26-15-13-14-24(2)21-26/h13-19,21-22H,3-12,20,23H2,1-2H3/b28-22+. The molecule has 29 heavy (non-hydrogen) atoms. The first-order chi connectivity index (χ1) is 14.3. The number of aliphatic imine (C=N–C) groups is 1. The van der Waals surface area contributed by atoms with E-state index in [0.717, 1.165) is 17.9 Å². The second-order valence-electron chi connectivity index (χ2n) is 8.06. The van der Waals surface area contributed by atoms with Gasteiger partial charge in [0.15, 0.2) is 0 Å². The van der Waals surface area contributed by atoms with Crippen molar-refractivity contribution in [3.8, 4) is 5.75 Å². The first-order valence-electron chi connectivity index (χ1n) is 11.6. The van der Waals surface area contributed by atoms with E-state index >= 15 is 0 Å². The second kappa shape index (κ2) is 14.8. The highest BCUT2D eigenvalue weighted by Gasteiger charge is 1.97. The summed E-state index contributed by atoms with van der Waals surface area (Å²) in [4.78, 5) is 4.58. The van der Waals surface area contributed by atoms with Gasteiger partial charge in [0.1, 0.15) is 12.4 Å². The summed E-state index contributed by atoms with van der Waals surface area (Å²) in [6.07, 6.45) is 15.6. The molecule has 0 fully saturated rings. The lowest BCUT2D eigenvalue weighted by Gasteiger charge is -2.07. The summed E-state index contributed by atoms with van der Waals surface area (Å²) < 4.78 is 5.87. The molecule has 0 saturated heterocycles. The average molecular weight is 394 g/mol. The summed E-state index contributed by atoms with van der Waals surface area (Å²) in [7, 11) is 0. The van der Waals surface area contributed by atoms with Gasteiger partial charge in [-0.05, 0) is 48.7 Å². The van der Waals surface area contributed by atoms with E-state index in [9.17, 15) is 0 Å². The van der Waals surface area contributed by atoms with Gasteiger partial charge in [0.2, 0.25) is 0 Å². The largest absolute Gasteiger partial charge is 0.489 e. The van der Waals surface area contributed by atoms with Crippen LogP contribution in [-0.2, 0) is 6.61 Å². The van der Waals surface area contributed by atoms with Gasteiger partial charge in [0.05, 0.1) is 0 Å². The zero-order valence-corrected chi connectivity index (χ0v) is 18.5. The molecule has 158 valence electrons. The number of benzene rings is 2. The second-order valence-corrected chi connectivity index (χ2v) is 8.06. The van der Waals surface area contributed by atoms with E-state index in [1.54, 1.807) is 0 Å². The van der Waals surface area contributed by atoms with Crippen LogP contribution in [0.3, 0.4) is 0 Å². The molecule has 0 atom stereocenters. The molecule has 0 aliphatic rings. The highest BCUT2D eigenvalue weighted by molar-refractivity contribution is 5.79. The zero-order chi connectivity index (χ0) is 20.6. The molecule has 2 nitrogen and oxygen atoms in total. The minimum atomic E-state index is 0.605. The van der Waals surface area contributed by atoms with Gasteiger partial charge < -0.3 is 4.74 Å². The topological polar surface area (TPSA) is 21.6 Å². The van der Waals surface area contributed by atoms with Crippen molar-refractivity contribution in [1.29, 1.82) is 0 Å². The summed E-state index contributed by atoms with van der Waals surface area (Å²) in [5.41, 5.74) is 3.60. The smallest absolute Gasteiger partial charge is 0.119 e. The van der Waals surface area contributed by atoms with Crippen molar-refractivity contribution in [1.82, 2.24) is 0 Å². The fraction of sp³-hybridized carbons (Fsp3) is 0.519. The van der Waals surface area contributed by atoms with Gasteiger partial charge in [-0.15, -0.1) is 0 Å². The first-order valence-corrected chi connectivity index (χ1v) is 11.6. The van der Waals surface area contributed by atoms with E-state index in [2.05, 4.69) is 55.2 Å². The summed E-state index contributed by atoms with van der Waals surface area (Å²) in [6.45, 7) is 5.92. The fourth-order valence-corrected chi connectivity index (χ4v) is 3.48. The van der Waals surface area contributed by atoms with E-state index in [-0.39, 0.29) is 0 Å². The van der Waals surface area contributed by atoms with Crippen LogP contribution in [0.1, 0.15) is 87.8 Å². The van der Waals surface area contributed by atoms with Gasteiger partial charge >= 0.3 is 0 Å². The van der Waals surface area contributed by atoms with Gasteiger partial charge in [-0.1, -0.05) is 94.5 Å². The molecule has 0 saturated carbocycles. The van der Waals surface area contributed by atoms with Crippen LogP contribution in [0.25, 0.3) is 0 Å². The minimum Gasteiger partial charge on any atom is -0.489 e. The number of nitrogens with zero attached hydrogens (tertiary/aromatic N) is 1. The van der Waals surface area contributed by atoms with Crippen LogP contribution in [0, 0.1) is 6.92 Å². The van der Waals surface area contributed by atoms with Gasteiger partial charge in [0.25, 0.3) is 0 Å². The molecule has 2 aromatic carbocycles. The predicted molar refractivity (Wildman–Crippen MR) is 126 cm³/mol. The van der Waals surface area contributed by atoms with Crippen LogP contribution in [0.4, 0.5) is 0 Å². The molecule has 2 heteroatoms. The Bertz CT molecular complexity index is 690. The maximum absolute atomic E-state index is 5.87. The van der Waals surface area contributed by atoms with Crippen LogP contribution >= 0.6 is 0 Å². The van der Waals surface area contributed by atoms with Crippen molar-refractivity contribution >= 4 is 6.21 Å². The highest BCUT2D eigenvalue weighted by atomic mass is 16.5. The molecule has 2 aromatic rings. The van der Waals surface area contributed by atoms with E-state index in [4.69, 9.17) is 4.74 Å². The van der Waals surface area contributed by atoms with Crippen molar-refractivity contribution in [2.24, 2.45) is 4.99 Å². The van der Waals surface area contributed by atoms with E-state index in [1.165, 1.54) is 75.3 Å². The summed E-state index contributed by atoms with van der Waals surface area (Å²) in [5, 5.41) is 0. The summed E-state index contributed by atoms with van der Waals surface area (Å²) in [6, 6.07) is 16.6. The van der Waals surface area contributed by atoms with Crippen LogP contribution in [-0.4, -0.2) is 12.8 Å². The molecule has 0 unspecified atom stereocenters. The molecule has 0 N–H and O–H groups in total. The van der Waals surface area contributed by atoms with E-state index in [0.29, 0.717) is 6.61 Å². The predicted octanol–water partition coefficient (Wildman–Crippen LogP) is 7.91. The third kappa shape index (κ3) is 10.9. The third-order valence-corrected chi connectivity index (χ3v) is 5.25.